The van der Waals surface area contributed by atoms with E-state index in [1.807, 2.05) is 4.90 Å². The fraction of sp³-hybridized carbons (Fsp3) is 0.294. The monoisotopic (exact) mass is 369 g/mol. The van der Waals surface area contributed by atoms with Crippen molar-refractivity contribution in [3.05, 3.63) is 52.9 Å². The number of amides is 1. The largest absolute Gasteiger partial charge is 0.357 e. The van der Waals surface area contributed by atoms with Crippen LogP contribution in [0.4, 0.5) is 24.7 Å². The summed E-state index contributed by atoms with van der Waals surface area (Å²) < 4.78 is 39.8. The quantitative estimate of drug-likeness (QED) is 0.831. The van der Waals surface area contributed by atoms with Gasteiger partial charge in [-0.15, -0.1) is 0 Å². The van der Waals surface area contributed by atoms with Gasteiger partial charge in [-0.25, -0.2) is 18.2 Å². The van der Waals surface area contributed by atoms with Crippen LogP contribution in [0.5, 0.6) is 0 Å². The number of pyridine rings is 1. The molecule has 1 fully saturated rings. The van der Waals surface area contributed by atoms with Crippen LogP contribution in [0.25, 0.3) is 0 Å². The van der Waals surface area contributed by atoms with Gasteiger partial charge in [0.2, 0.25) is 5.91 Å². The van der Waals surface area contributed by atoms with Crippen LogP contribution < -0.4 is 10.2 Å². The number of hydrogen-bond donors (Lipinski definition) is 1. The highest BCUT2D eigenvalue weighted by Gasteiger charge is 2.26. The Kier molecular flexibility index (Phi) is 5.13. The zero-order valence-electron chi connectivity index (χ0n) is 13.1. The van der Waals surface area contributed by atoms with Crippen molar-refractivity contribution < 1.29 is 18.0 Å². The molecule has 1 aromatic heterocycles. The minimum atomic E-state index is -1.60. The lowest BCUT2D eigenvalue weighted by Gasteiger charge is -2.32. The van der Waals surface area contributed by atoms with Gasteiger partial charge in [-0.3, -0.25) is 4.79 Å². The van der Waals surface area contributed by atoms with Crippen LogP contribution in [-0.4, -0.2) is 24.0 Å². The molecule has 0 radical (unpaired) electrons. The lowest BCUT2D eigenvalue weighted by Crippen LogP contribution is -2.38. The van der Waals surface area contributed by atoms with Crippen LogP contribution >= 0.6 is 11.6 Å². The number of aromatic nitrogens is 1. The van der Waals surface area contributed by atoms with E-state index in [1.54, 1.807) is 18.3 Å². The molecule has 1 saturated heterocycles. The first-order valence-corrected chi connectivity index (χ1v) is 8.14. The number of carbonyl (C=O) groups is 1. The number of anilines is 2. The summed E-state index contributed by atoms with van der Waals surface area (Å²) in [4.78, 5) is 18.5. The van der Waals surface area contributed by atoms with E-state index in [4.69, 9.17) is 11.6 Å². The van der Waals surface area contributed by atoms with E-state index < -0.39 is 23.4 Å². The summed E-state index contributed by atoms with van der Waals surface area (Å²) in [6.45, 7) is 1.21. The minimum Gasteiger partial charge on any atom is -0.357 e. The molecule has 0 spiro atoms. The van der Waals surface area contributed by atoms with E-state index in [0.29, 0.717) is 31.0 Å². The Hall–Kier alpha value is -2.28. The number of halogens is 4. The van der Waals surface area contributed by atoms with Crippen molar-refractivity contribution in [1.82, 2.24) is 4.98 Å². The van der Waals surface area contributed by atoms with Crippen molar-refractivity contribution >= 4 is 29.0 Å². The first-order chi connectivity index (χ1) is 12.0. The lowest BCUT2D eigenvalue weighted by atomic mass is 9.95. The molecule has 1 aliphatic heterocycles. The second kappa shape index (κ2) is 7.31. The average Bonchev–Trinajstić information content (AvgIpc) is 2.63. The van der Waals surface area contributed by atoms with Gasteiger partial charge in [0.05, 0.1) is 10.7 Å². The van der Waals surface area contributed by atoms with Gasteiger partial charge in [0.25, 0.3) is 0 Å². The maximum Gasteiger partial charge on any atom is 0.227 e. The molecule has 4 nitrogen and oxygen atoms in total. The zero-order chi connectivity index (χ0) is 18.0. The van der Waals surface area contributed by atoms with Gasteiger partial charge in [0.1, 0.15) is 5.82 Å². The van der Waals surface area contributed by atoms with Crippen LogP contribution in [0.2, 0.25) is 5.02 Å². The van der Waals surface area contributed by atoms with Crippen molar-refractivity contribution in [3.63, 3.8) is 0 Å². The normalized spacial score (nSPS) is 15.3. The van der Waals surface area contributed by atoms with E-state index >= 15 is 0 Å². The molecule has 25 heavy (non-hydrogen) atoms. The lowest BCUT2D eigenvalue weighted by molar-refractivity contribution is -0.120. The van der Waals surface area contributed by atoms with Crippen molar-refractivity contribution in [1.29, 1.82) is 0 Å². The Morgan fingerprint density at radius 3 is 2.48 bits per heavy atom. The first-order valence-electron chi connectivity index (χ1n) is 7.76. The highest BCUT2D eigenvalue weighted by atomic mass is 35.5. The Morgan fingerprint density at radius 1 is 1.12 bits per heavy atom. The molecule has 8 heteroatoms. The first kappa shape index (κ1) is 17.5. The predicted molar refractivity (Wildman–Crippen MR) is 89.1 cm³/mol. The third-order valence-corrected chi connectivity index (χ3v) is 4.42. The van der Waals surface area contributed by atoms with Crippen molar-refractivity contribution in [3.8, 4) is 0 Å². The summed E-state index contributed by atoms with van der Waals surface area (Å²) in [5.41, 5.74) is -0.356. The van der Waals surface area contributed by atoms with E-state index in [0.717, 1.165) is 18.0 Å². The summed E-state index contributed by atoms with van der Waals surface area (Å²) in [5.74, 6) is -4.25. The Labute approximate surface area is 147 Å². The van der Waals surface area contributed by atoms with Crippen molar-refractivity contribution in [2.75, 3.05) is 23.3 Å². The molecule has 0 saturated carbocycles. The summed E-state index contributed by atoms with van der Waals surface area (Å²) in [5, 5.41) is 2.89. The molecular weight excluding hydrogens is 355 g/mol. The van der Waals surface area contributed by atoms with Gasteiger partial charge in [-0.05, 0) is 37.1 Å². The third kappa shape index (κ3) is 3.87. The van der Waals surface area contributed by atoms with Gasteiger partial charge in [0, 0.05) is 25.2 Å². The molecule has 0 unspecified atom stereocenters. The highest BCUT2D eigenvalue weighted by molar-refractivity contribution is 6.30. The smallest absolute Gasteiger partial charge is 0.227 e. The van der Waals surface area contributed by atoms with Gasteiger partial charge in [0.15, 0.2) is 17.5 Å². The summed E-state index contributed by atoms with van der Waals surface area (Å²) in [6.07, 6.45) is 2.64. The molecule has 0 bridgehead atoms. The maximum atomic E-state index is 13.6. The van der Waals surface area contributed by atoms with Crippen LogP contribution in [0.15, 0.2) is 30.5 Å². The van der Waals surface area contributed by atoms with Crippen molar-refractivity contribution in [2.24, 2.45) is 5.92 Å². The molecule has 1 aliphatic rings. The topological polar surface area (TPSA) is 45.2 Å². The van der Waals surface area contributed by atoms with E-state index in [2.05, 4.69) is 10.3 Å². The van der Waals surface area contributed by atoms with E-state index in [-0.39, 0.29) is 11.6 Å². The number of nitrogens with zero attached hydrogens (tertiary/aromatic N) is 2. The molecule has 1 aromatic carbocycles. The number of rotatable bonds is 3. The Bertz CT molecular complexity index is 777. The van der Waals surface area contributed by atoms with E-state index in [9.17, 15) is 18.0 Å². The van der Waals surface area contributed by atoms with Crippen LogP contribution in [0, 0.1) is 23.4 Å². The second-order valence-electron chi connectivity index (χ2n) is 5.81. The van der Waals surface area contributed by atoms with Gasteiger partial charge in [-0.2, -0.15) is 0 Å². The van der Waals surface area contributed by atoms with Gasteiger partial charge >= 0.3 is 0 Å². The number of carbonyl (C=O) groups excluding carboxylic acids is 1. The van der Waals surface area contributed by atoms with E-state index in [1.165, 1.54) is 0 Å². The second-order valence-corrected chi connectivity index (χ2v) is 6.24. The number of nitrogens with one attached hydrogen (secondary N) is 1. The standard InChI is InChI=1S/C17H15ClF3N3O/c18-11-1-4-14(22-9-11)24-7-5-10(6-8-24)17(25)23-13-3-2-12(19)15(20)16(13)21/h1-4,9-10H,5-8H2,(H,23,25). The molecule has 0 aliphatic carbocycles. The molecule has 3 rings (SSSR count). The number of benzene rings is 1. The van der Waals surface area contributed by atoms with Crippen LogP contribution in [-0.2, 0) is 4.79 Å². The SMILES string of the molecule is O=C(Nc1ccc(F)c(F)c1F)C1CCN(c2ccc(Cl)cn2)CC1. The third-order valence-electron chi connectivity index (χ3n) is 4.19. The zero-order valence-corrected chi connectivity index (χ0v) is 13.9. The summed E-state index contributed by atoms with van der Waals surface area (Å²) >= 11 is 5.81. The van der Waals surface area contributed by atoms with Crippen LogP contribution in [0.3, 0.4) is 0 Å². The Balaban J connectivity index is 1.60. The van der Waals surface area contributed by atoms with Crippen LogP contribution in [0.1, 0.15) is 12.8 Å². The molecule has 0 atom stereocenters. The summed E-state index contributed by atoms with van der Waals surface area (Å²) in [7, 11) is 0. The molecule has 2 heterocycles. The predicted octanol–water partition coefficient (Wildman–Crippen LogP) is 4.01. The molecule has 132 valence electrons. The average molecular weight is 370 g/mol. The fourth-order valence-corrected chi connectivity index (χ4v) is 2.89. The summed E-state index contributed by atoms with van der Waals surface area (Å²) in [6, 6.07) is 5.34. The van der Waals surface area contributed by atoms with Gasteiger partial charge < -0.3 is 10.2 Å². The van der Waals surface area contributed by atoms with Crippen molar-refractivity contribution in [2.45, 2.75) is 12.8 Å². The number of hydrogen-bond acceptors (Lipinski definition) is 3. The maximum absolute atomic E-state index is 13.6. The minimum absolute atomic E-state index is 0.337. The number of piperidine rings is 1. The highest BCUT2D eigenvalue weighted by Crippen LogP contribution is 2.25. The fourth-order valence-electron chi connectivity index (χ4n) is 2.78. The molecular formula is C17H15ClF3N3O. The Morgan fingerprint density at radius 2 is 1.84 bits per heavy atom. The molecule has 1 N–H and O–H groups in total. The molecule has 1 amide bonds. The molecule has 2 aromatic rings. The van der Waals surface area contributed by atoms with Gasteiger partial charge in [-0.1, -0.05) is 11.6 Å².